The number of nitrogens with one attached hydrogen (secondary N) is 1. The highest BCUT2D eigenvalue weighted by Crippen LogP contribution is 2.44. The third-order valence-corrected chi connectivity index (χ3v) is 5.29. The van der Waals surface area contributed by atoms with E-state index < -0.39 is 5.97 Å². The maximum absolute atomic E-state index is 11.6. The van der Waals surface area contributed by atoms with Crippen LogP contribution in [-0.4, -0.2) is 40.1 Å². The number of piperidine rings is 1. The lowest BCUT2D eigenvalue weighted by Crippen LogP contribution is -2.51. The number of carboxylic acids is 1. The fourth-order valence-corrected chi connectivity index (χ4v) is 4.35. The van der Waals surface area contributed by atoms with E-state index in [1.54, 1.807) is 0 Å². The van der Waals surface area contributed by atoms with Gasteiger partial charge in [-0.25, -0.2) is 0 Å². The first-order valence-corrected chi connectivity index (χ1v) is 7.85. The molecular formula is C18H20N2O2. The van der Waals surface area contributed by atoms with E-state index in [0.717, 1.165) is 19.4 Å². The number of nitrogens with zero attached hydrogens (tertiary/aromatic N) is 1. The number of likely N-dealkylation sites (tertiary alicyclic amines) is 1. The molecule has 2 aromatic rings. The second kappa shape index (κ2) is 4.99. The maximum Gasteiger partial charge on any atom is 0.307 e. The quantitative estimate of drug-likeness (QED) is 0.856. The van der Waals surface area contributed by atoms with Crippen molar-refractivity contribution < 1.29 is 9.90 Å². The number of carboxylic acid groups (broad SMARTS) is 1. The molecule has 0 amide bonds. The van der Waals surface area contributed by atoms with Gasteiger partial charge in [0.15, 0.2) is 0 Å². The Balaban J connectivity index is 1.82. The van der Waals surface area contributed by atoms with Crippen LogP contribution < -0.4 is 0 Å². The van der Waals surface area contributed by atoms with Crippen molar-refractivity contribution in [2.45, 2.75) is 24.8 Å². The van der Waals surface area contributed by atoms with Crippen molar-refractivity contribution in [1.82, 2.24) is 9.88 Å². The van der Waals surface area contributed by atoms with Crippen LogP contribution in [0.3, 0.4) is 0 Å². The number of H-pyrrole nitrogens is 1. The molecule has 4 heteroatoms. The summed E-state index contributed by atoms with van der Waals surface area (Å²) in [6.07, 6.45) is 5.72. The van der Waals surface area contributed by atoms with Crippen LogP contribution in [-0.2, 0) is 11.2 Å². The highest BCUT2D eigenvalue weighted by molar-refractivity contribution is 5.88. The van der Waals surface area contributed by atoms with Gasteiger partial charge in [-0.2, -0.15) is 0 Å². The zero-order chi connectivity index (χ0) is 15.3. The Morgan fingerprint density at radius 2 is 2.36 bits per heavy atom. The van der Waals surface area contributed by atoms with E-state index in [0.29, 0.717) is 18.5 Å². The first kappa shape index (κ1) is 13.6. The first-order chi connectivity index (χ1) is 10.7. The number of fused-ring (bicyclic) bond motifs is 2. The molecule has 4 nitrogen and oxygen atoms in total. The molecule has 2 aliphatic rings. The maximum atomic E-state index is 11.6. The Morgan fingerprint density at radius 3 is 3.14 bits per heavy atom. The fourth-order valence-electron chi connectivity index (χ4n) is 4.35. The summed E-state index contributed by atoms with van der Waals surface area (Å²) in [6, 6.07) is 6.72. The van der Waals surface area contributed by atoms with Gasteiger partial charge in [0, 0.05) is 42.1 Å². The molecular weight excluding hydrogens is 276 g/mol. The molecule has 0 radical (unpaired) electrons. The SMILES string of the molecule is C=CCN1CC(C(=O)O)C[C@@H]2c3cccc4[nH]cc(c34)C[C@H]21. The standard InChI is InChI=1S/C18H20N2O2/c1-2-6-20-10-12(18(21)22)7-14-13-4-3-5-15-17(13)11(9-19-15)8-16(14)20/h2-5,9,12,14,16,19H,1,6-8,10H2,(H,21,22)/t12?,14-,16-/m1/s1. The molecule has 4 rings (SSSR count). The molecule has 0 spiro atoms. The molecule has 2 N–H and O–H groups in total. The summed E-state index contributed by atoms with van der Waals surface area (Å²) >= 11 is 0. The molecule has 1 unspecified atom stereocenters. The van der Waals surface area contributed by atoms with E-state index in [4.69, 9.17) is 0 Å². The van der Waals surface area contributed by atoms with Crippen LogP contribution in [0, 0.1) is 5.92 Å². The molecule has 1 aromatic heterocycles. The zero-order valence-electron chi connectivity index (χ0n) is 12.5. The summed E-state index contributed by atoms with van der Waals surface area (Å²) in [5.74, 6) is -0.682. The van der Waals surface area contributed by atoms with Crippen molar-refractivity contribution in [3.05, 3.63) is 48.2 Å². The van der Waals surface area contributed by atoms with Crippen LogP contribution >= 0.6 is 0 Å². The normalized spacial score (nSPS) is 27.5. The van der Waals surface area contributed by atoms with Gasteiger partial charge in [0.1, 0.15) is 0 Å². The van der Waals surface area contributed by atoms with Gasteiger partial charge in [-0.1, -0.05) is 18.2 Å². The van der Waals surface area contributed by atoms with Crippen molar-refractivity contribution in [2.24, 2.45) is 5.92 Å². The van der Waals surface area contributed by atoms with Gasteiger partial charge in [0.25, 0.3) is 0 Å². The summed E-state index contributed by atoms with van der Waals surface area (Å²) in [4.78, 5) is 17.2. The monoisotopic (exact) mass is 296 g/mol. The summed E-state index contributed by atoms with van der Waals surface area (Å²) in [6.45, 7) is 5.21. The number of aliphatic carboxylic acids is 1. The van der Waals surface area contributed by atoms with E-state index in [-0.39, 0.29) is 5.92 Å². The van der Waals surface area contributed by atoms with Crippen molar-refractivity contribution in [2.75, 3.05) is 13.1 Å². The van der Waals surface area contributed by atoms with Crippen LogP contribution in [0.1, 0.15) is 23.5 Å². The van der Waals surface area contributed by atoms with Gasteiger partial charge in [-0.15, -0.1) is 6.58 Å². The van der Waals surface area contributed by atoms with E-state index in [9.17, 15) is 9.90 Å². The average Bonchev–Trinajstić information content (AvgIpc) is 2.93. The van der Waals surface area contributed by atoms with Crippen molar-refractivity contribution in [3.8, 4) is 0 Å². The largest absolute Gasteiger partial charge is 0.481 e. The Hall–Kier alpha value is -2.07. The number of rotatable bonds is 3. The molecule has 3 atom stereocenters. The summed E-state index contributed by atoms with van der Waals surface area (Å²) in [5, 5.41) is 10.8. The number of carbonyl (C=O) groups is 1. The minimum absolute atomic E-state index is 0.293. The van der Waals surface area contributed by atoms with Crippen molar-refractivity contribution >= 4 is 16.9 Å². The summed E-state index contributed by atoms with van der Waals surface area (Å²) < 4.78 is 0. The van der Waals surface area contributed by atoms with E-state index in [1.165, 1.54) is 22.0 Å². The number of aromatic amines is 1. The Morgan fingerprint density at radius 1 is 1.50 bits per heavy atom. The molecule has 1 saturated heterocycles. The molecule has 22 heavy (non-hydrogen) atoms. The van der Waals surface area contributed by atoms with Gasteiger partial charge < -0.3 is 10.1 Å². The van der Waals surface area contributed by atoms with E-state index in [2.05, 4.69) is 40.9 Å². The van der Waals surface area contributed by atoms with Crippen LogP contribution in [0.25, 0.3) is 10.9 Å². The third-order valence-electron chi connectivity index (χ3n) is 5.29. The Labute approximate surface area is 129 Å². The number of hydrogen-bond donors (Lipinski definition) is 2. The topological polar surface area (TPSA) is 56.3 Å². The molecule has 0 bridgehead atoms. The van der Waals surface area contributed by atoms with E-state index in [1.807, 2.05) is 6.08 Å². The van der Waals surface area contributed by atoms with Gasteiger partial charge in [0.2, 0.25) is 0 Å². The lowest BCUT2D eigenvalue weighted by molar-refractivity contribution is -0.144. The van der Waals surface area contributed by atoms with Crippen LogP contribution in [0.5, 0.6) is 0 Å². The summed E-state index contributed by atoms with van der Waals surface area (Å²) in [5.41, 5.74) is 3.83. The number of aromatic nitrogens is 1. The lowest BCUT2D eigenvalue weighted by atomic mass is 9.72. The molecule has 0 saturated carbocycles. The van der Waals surface area contributed by atoms with Gasteiger partial charge in [-0.05, 0) is 30.0 Å². The average molecular weight is 296 g/mol. The fraction of sp³-hybridized carbons (Fsp3) is 0.389. The van der Waals surface area contributed by atoms with Crippen LogP contribution in [0.2, 0.25) is 0 Å². The zero-order valence-corrected chi connectivity index (χ0v) is 12.5. The van der Waals surface area contributed by atoms with E-state index >= 15 is 0 Å². The second-order valence-corrected chi connectivity index (χ2v) is 6.48. The molecule has 1 aliphatic carbocycles. The molecule has 1 aromatic carbocycles. The predicted molar refractivity (Wildman–Crippen MR) is 86.0 cm³/mol. The van der Waals surface area contributed by atoms with Crippen LogP contribution in [0.4, 0.5) is 0 Å². The lowest BCUT2D eigenvalue weighted by Gasteiger charge is -2.45. The van der Waals surface area contributed by atoms with Gasteiger partial charge in [-0.3, -0.25) is 9.69 Å². The minimum atomic E-state index is -0.681. The summed E-state index contributed by atoms with van der Waals surface area (Å²) in [7, 11) is 0. The van der Waals surface area contributed by atoms with Crippen molar-refractivity contribution in [3.63, 3.8) is 0 Å². The molecule has 2 heterocycles. The minimum Gasteiger partial charge on any atom is -0.481 e. The first-order valence-electron chi connectivity index (χ1n) is 7.85. The predicted octanol–water partition coefficient (Wildman–Crippen LogP) is 2.77. The smallest absolute Gasteiger partial charge is 0.307 e. The number of hydrogen-bond acceptors (Lipinski definition) is 2. The Kier molecular flexibility index (Phi) is 3.08. The second-order valence-electron chi connectivity index (χ2n) is 6.48. The molecule has 114 valence electrons. The highest BCUT2D eigenvalue weighted by Gasteiger charge is 2.42. The molecule has 1 fully saturated rings. The number of benzene rings is 1. The Bertz CT molecular complexity index is 749. The van der Waals surface area contributed by atoms with Crippen molar-refractivity contribution in [1.29, 1.82) is 0 Å². The van der Waals surface area contributed by atoms with Crippen LogP contribution in [0.15, 0.2) is 37.1 Å². The third kappa shape index (κ3) is 1.91. The van der Waals surface area contributed by atoms with Gasteiger partial charge in [0.05, 0.1) is 5.92 Å². The van der Waals surface area contributed by atoms with Gasteiger partial charge >= 0.3 is 5.97 Å². The molecule has 1 aliphatic heterocycles. The highest BCUT2D eigenvalue weighted by atomic mass is 16.4.